The quantitative estimate of drug-likeness (QED) is 0.658. The molecule has 1 aromatic heterocycles. The van der Waals surface area contributed by atoms with Crippen LogP contribution in [-0.2, 0) is 0 Å². The van der Waals surface area contributed by atoms with E-state index in [4.69, 9.17) is 0 Å². The van der Waals surface area contributed by atoms with Crippen molar-refractivity contribution < 1.29 is 18.0 Å². The van der Waals surface area contributed by atoms with Crippen molar-refractivity contribution >= 4 is 17.5 Å². The largest absolute Gasteiger partial charge is 0.351 e. The van der Waals surface area contributed by atoms with Gasteiger partial charge in [-0.15, -0.1) is 6.58 Å². The zero-order valence-corrected chi connectivity index (χ0v) is 11.2. The highest BCUT2D eigenvalue weighted by molar-refractivity contribution is 6.03. The third-order valence-corrected chi connectivity index (χ3v) is 2.60. The maximum absolute atomic E-state index is 13.5. The van der Waals surface area contributed by atoms with E-state index < -0.39 is 29.0 Å². The normalized spacial score (nSPS) is 10.1. The molecule has 0 aliphatic rings. The van der Waals surface area contributed by atoms with Crippen molar-refractivity contribution in [2.45, 2.75) is 0 Å². The summed E-state index contributed by atoms with van der Waals surface area (Å²) in [4.78, 5) is 19.6. The number of halogens is 3. The summed E-state index contributed by atoms with van der Waals surface area (Å²) in [5, 5.41) is 4.93. The lowest BCUT2D eigenvalue weighted by Gasteiger charge is -2.07. The minimum atomic E-state index is -1.65. The molecule has 0 saturated heterocycles. The molecule has 114 valence electrons. The van der Waals surface area contributed by atoms with Gasteiger partial charge in [0.2, 0.25) is 5.95 Å². The summed E-state index contributed by atoms with van der Waals surface area (Å²) in [7, 11) is 0. The van der Waals surface area contributed by atoms with Crippen LogP contribution in [0.15, 0.2) is 37.2 Å². The molecular weight excluding hydrogens is 297 g/mol. The SMILES string of the molecule is C=CCNc1ncc(C(=O)Nc2ccc(F)c(F)c2F)cn1. The summed E-state index contributed by atoms with van der Waals surface area (Å²) in [6.45, 7) is 3.96. The highest BCUT2D eigenvalue weighted by Gasteiger charge is 2.16. The van der Waals surface area contributed by atoms with Gasteiger partial charge in [-0.2, -0.15) is 0 Å². The Morgan fingerprint density at radius 3 is 2.50 bits per heavy atom. The van der Waals surface area contributed by atoms with Gasteiger partial charge in [-0.1, -0.05) is 6.08 Å². The van der Waals surface area contributed by atoms with Crippen LogP contribution in [0.4, 0.5) is 24.8 Å². The second kappa shape index (κ2) is 6.70. The van der Waals surface area contributed by atoms with Gasteiger partial charge in [-0.05, 0) is 12.1 Å². The number of benzene rings is 1. The molecule has 0 fully saturated rings. The first-order chi connectivity index (χ1) is 10.5. The Morgan fingerprint density at radius 2 is 1.86 bits per heavy atom. The van der Waals surface area contributed by atoms with Crippen LogP contribution in [0.5, 0.6) is 0 Å². The molecule has 0 atom stereocenters. The van der Waals surface area contributed by atoms with E-state index in [9.17, 15) is 18.0 Å². The highest BCUT2D eigenvalue weighted by atomic mass is 19.2. The zero-order valence-electron chi connectivity index (χ0n) is 11.2. The van der Waals surface area contributed by atoms with E-state index in [-0.39, 0.29) is 11.5 Å². The minimum Gasteiger partial charge on any atom is -0.351 e. The molecule has 0 spiro atoms. The number of nitrogens with one attached hydrogen (secondary N) is 2. The topological polar surface area (TPSA) is 66.9 Å². The number of rotatable bonds is 5. The molecule has 2 N–H and O–H groups in total. The van der Waals surface area contributed by atoms with E-state index in [0.29, 0.717) is 12.6 Å². The van der Waals surface area contributed by atoms with Crippen molar-refractivity contribution in [3.05, 3.63) is 60.2 Å². The fourth-order valence-corrected chi connectivity index (χ4v) is 1.52. The molecule has 8 heteroatoms. The maximum Gasteiger partial charge on any atom is 0.258 e. The van der Waals surface area contributed by atoms with Crippen LogP contribution in [0.1, 0.15) is 10.4 Å². The second-order valence-corrected chi connectivity index (χ2v) is 4.14. The summed E-state index contributed by atoms with van der Waals surface area (Å²) < 4.78 is 39.3. The molecule has 0 bridgehead atoms. The predicted molar refractivity (Wildman–Crippen MR) is 75.0 cm³/mol. The van der Waals surface area contributed by atoms with Crippen molar-refractivity contribution in [1.29, 1.82) is 0 Å². The molecule has 1 amide bonds. The Balaban J connectivity index is 2.12. The average Bonchev–Trinajstić information content (AvgIpc) is 2.54. The molecule has 2 aromatic rings. The van der Waals surface area contributed by atoms with Gasteiger partial charge >= 0.3 is 0 Å². The molecule has 2 rings (SSSR count). The van der Waals surface area contributed by atoms with Gasteiger partial charge < -0.3 is 10.6 Å². The van der Waals surface area contributed by atoms with Crippen molar-refractivity contribution in [1.82, 2.24) is 9.97 Å². The van der Waals surface area contributed by atoms with Gasteiger partial charge in [0.25, 0.3) is 5.91 Å². The van der Waals surface area contributed by atoms with E-state index in [1.165, 1.54) is 12.4 Å². The third kappa shape index (κ3) is 3.40. The van der Waals surface area contributed by atoms with Crippen molar-refractivity contribution in [2.75, 3.05) is 17.2 Å². The lowest BCUT2D eigenvalue weighted by Crippen LogP contribution is -2.15. The van der Waals surface area contributed by atoms with Crippen LogP contribution in [0.25, 0.3) is 0 Å². The van der Waals surface area contributed by atoms with Crippen molar-refractivity contribution in [2.24, 2.45) is 0 Å². The first-order valence-corrected chi connectivity index (χ1v) is 6.14. The number of carbonyl (C=O) groups is 1. The van der Waals surface area contributed by atoms with E-state index in [2.05, 4.69) is 27.2 Å². The van der Waals surface area contributed by atoms with Crippen LogP contribution in [0.3, 0.4) is 0 Å². The second-order valence-electron chi connectivity index (χ2n) is 4.14. The molecule has 0 aliphatic heterocycles. The third-order valence-electron chi connectivity index (χ3n) is 2.60. The number of anilines is 2. The average molecular weight is 308 g/mol. The first-order valence-electron chi connectivity index (χ1n) is 6.14. The summed E-state index contributed by atoms with van der Waals surface area (Å²) in [5.41, 5.74) is -0.439. The van der Waals surface area contributed by atoms with Crippen LogP contribution >= 0.6 is 0 Å². The van der Waals surface area contributed by atoms with Gasteiger partial charge in [0.15, 0.2) is 17.5 Å². The molecule has 5 nitrogen and oxygen atoms in total. The Labute approximate surface area is 123 Å². The Hall–Kier alpha value is -2.90. The number of amides is 1. The molecule has 0 saturated carbocycles. The van der Waals surface area contributed by atoms with Crippen LogP contribution in [0, 0.1) is 17.5 Å². The lowest BCUT2D eigenvalue weighted by molar-refractivity contribution is 0.102. The molecule has 0 aliphatic carbocycles. The van der Waals surface area contributed by atoms with Crippen LogP contribution < -0.4 is 10.6 Å². The van der Waals surface area contributed by atoms with Crippen LogP contribution in [-0.4, -0.2) is 22.4 Å². The number of hydrogen-bond acceptors (Lipinski definition) is 4. The lowest BCUT2D eigenvalue weighted by atomic mass is 10.2. The predicted octanol–water partition coefficient (Wildman–Crippen LogP) is 2.74. The molecule has 1 aromatic carbocycles. The van der Waals surface area contributed by atoms with Gasteiger partial charge in [0.05, 0.1) is 11.3 Å². The van der Waals surface area contributed by atoms with E-state index in [0.717, 1.165) is 6.07 Å². The number of aromatic nitrogens is 2. The summed E-state index contributed by atoms with van der Waals surface area (Å²) in [5.74, 6) is -4.93. The summed E-state index contributed by atoms with van der Waals surface area (Å²) in [6.07, 6.45) is 4.03. The van der Waals surface area contributed by atoms with Gasteiger partial charge in [0, 0.05) is 18.9 Å². The van der Waals surface area contributed by atoms with E-state index in [1.807, 2.05) is 0 Å². The van der Waals surface area contributed by atoms with Gasteiger partial charge in [0.1, 0.15) is 0 Å². The molecule has 22 heavy (non-hydrogen) atoms. The first kappa shape index (κ1) is 15.5. The molecule has 1 heterocycles. The fourth-order valence-electron chi connectivity index (χ4n) is 1.52. The minimum absolute atomic E-state index is 0.0355. The van der Waals surface area contributed by atoms with Gasteiger partial charge in [-0.25, -0.2) is 23.1 Å². The highest BCUT2D eigenvalue weighted by Crippen LogP contribution is 2.20. The number of hydrogen-bond donors (Lipinski definition) is 2. The molecular formula is C14H11F3N4O. The molecule has 0 unspecified atom stereocenters. The summed E-state index contributed by atoms with van der Waals surface area (Å²) in [6, 6.07) is 1.64. The Kier molecular flexibility index (Phi) is 4.72. The smallest absolute Gasteiger partial charge is 0.258 e. The Bertz CT molecular complexity index is 704. The van der Waals surface area contributed by atoms with E-state index >= 15 is 0 Å². The molecule has 0 radical (unpaired) electrons. The summed E-state index contributed by atoms with van der Waals surface area (Å²) >= 11 is 0. The zero-order chi connectivity index (χ0) is 16.1. The number of nitrogens with zero attached hydrogens (tertiary/aromatic N) is 2. The fraction of sp³-hybridized carbons (Fsp3) is 0.0714. The van der Waals surface area contributed by atoms with Crippen molar-refractivity contribution in [3.8, 4) is 0 Å². The monoisotopic (exact) mass is 308 g/mol. The van der Waals surface area contributed by atoms with Crippen LogP contribution in [0.2, 0.25) is 0 Å². The maximum atomic E-state index is 13.5. The Morgan fingerprint density at radius 1 is 1.18 bits per heavy atom. The number of carbonyl (C=O) groups excluding carboxylic acids is 1. The standard InChI is InChI=1S/C14H11F3N4O/c1-2-5-18-14-19-6-8(7-20-14)13(22)21-10-4-3-9(15)11(16)12(10)17/h2-4,6-7H,1,5H2,(H,21,22)(H,18,19,20). The van der Waals surface area contributed by atoms with Crippen molar-refractivity contribution in [3.63, 3.8) is 0 Å². The van der Waals surface area contributed by atoms with Gasteiger partial charge in [-0.3, -0.25) is 4.79 Å². The van der Waals surface area contributed by atoms with E-state index in [1.54, 1.807) is 6.08 Å².